The first-order valence-corrected chi connectivity index (χ1v) is 4.75. The van der Waals surface area contributed by atoms with E-state index in [-0.39, 0.29) is 11.8 Å². The van der Waals surface area contributed by atoms with Crippen LogP contribution in [-0.4, -0.2) is 17.8 Å². The Balaban J connectivity index is 2.44. The van der Waals surface area contributed by atoms with E-state index in [1.165, 1.54) is 12.3 Å². The van der Waals surface area contributed by atoms with Crippen molar-refractivity contribution in [1.29, 1.82) is 0 Å². The molecular weight excluding hydrogens is 231 g/mol. The Hall–Kier alpha value is -0.970. The summed E-state index contributed by atoms with van der Waals surface area (Å²) in [5, 5.41) is 0. The fraction of sp³-hybridized carbons (Fsp3) is 0.444. The molecule has 0 bridgehead atoms. The van der Waals surface area contributed by atoms with Crippen LogP contribution in [0.3, 0.4) is 0 Å². The van der Waals surface area contributed by atoms with Crippen molar-refractivity contribution >= 4 is 11.6 Å². The molecule has 0 aliphatic rings. The largest absolute Gasteiger partial charge is 0.477 e. The van der Waals surface area contributed by atoms with Gasteiger partial charge in [-0.1, -0.05) is 0 Å². The Morgan fingerprint density at radius 1 is 1.40 bits per heavy atom. The van der Waals surface area contributed by atoms with Crippen molar-refractivity contribution in [3.63, 3.8) is 0 Å². The van der Waals surface area contributed by atoms with Crippen LogP contribution in [0.5, 0.6) is 5.88 Å². The van der Waals surface area contributed by atoms with Crippen molar-refractivity contribution in [2.24, 2.45) is 0 Å². The summed E-state index contributed by atoms with van der Waals surface area (Å²) in [6, 6.07) is 3.19. The minimum Gasteiger partial charge on any atom is -0.477 e. The number of alkyl halides is 4. The van der Waals surface area contributed by atoms with E-state index in [4.69, 9.17) is 16.3 Å². The molecule has 1 aromatic heterocycles. The lowest BCUT2D eigenvalue weighted by atomic mass is 10.3. The van der Waals surface area contributed by atoms with Gasteiger partial charge in [0.2, 0.25) is 5.88 Å². The Labute approximate surface area is 90.0 Å². The maximum Gasteiger partial charge on any atom is 0.392 e. The second-order valence-electron chi connectivity index (χ2n) is 2.85. The average molecular weight is 240 g/mol. The molecule has 15 heavy (non-hydrogen) atoms. The Kier molecular flexibility index (Phi) is 4.20. The van der Waals surface area contributed by atoms with Crippen LogP contribution in [0.15, 0.2) is 18.3 Å². The van der Waals surface area contributed by atoms with E-state index in [0.717, 1.165) is 5.56 Å². The number of aromatic nitrogens is 1. The predicted molar refractivity (Wildman–Crippen MR) is 50.0 cm³/mol. The molecular formula is C9H9ClF3NO. The number of pyridine rings is 1. The van der Waals surface area contributed by atoms with Crippen molar-refractivity contribution in [2.45, 2.75) is 18.5 Å². The Morgan fingerprint density at radius 2 is 2.13 bits per heavy atom. The summed E-state index contributed by atoms with van der Waals surface area (Å²) >= 11 is 5.54. The maximum absolute atomic E-state index is 11.8. The minimum absolute atomic E-state index is 0.164. The number of halogens is 4. The molecule has 0 atom stereocenters. The fourth-order valence-electron chi connectivity index (χ4n) is 0.884. The van der Waals surface area contributed by atoms with Gasteiger partial charge < -0.3 is 4.74 Å². The van der Waals surface area contributed by atoms with Crippen molar-refractivity contribution in [3.05, 3.63) is 23.9 Å². The van der Waals surface area contributed by atoms with Gasteiger partial charge in [0.25, 0.3) is 0 Å². The molecule has 0 saturated carbocycles. The summed E-state index contributed by atoms with van der Waals surface area (Å²) in [7, 11) is 0. The SMILES string of the molecule is FC(F)(F)CCOc1cc(CCl)ccn1. The molecule has 6 heteroatoms. The van der Waals surface area contributed by atoms with Gasteiger partial charge in [0.15, 0.2) is 0 Å². The second-order valence-corrected chi connectivity index (χ2v) is 3.12. The summed E-state index contributed by atoms with van der Waals surface area (Å²) in [5.41, 5.74) is 0.758. The number of hydrogen-bond acceptors (Lipinski definition) is 2. The molecule has 0 N–H and O–H groups in total. The molecule has 1 heterocycles. The Bertz CT molecular complexity index is 316. The first-order valence-electron chi connectivity index (χ1n) is 4.22. The molecule has 0 unspecified atom stereocenters. The lowest BCUT2D eigenvalue weighted by Gasteiger charge is -2.08. The molecule has 84 valence electrons. The molecule has 1 aromatic rings. The third-order valence-electron chi connectivity index (χ3n) is 1.59. The lowest BCUT2D eigenvalue weighted by molar-refractivity contribution is -0.139. The van der Waals surface area contributed by atoms with Crippen LogP contribution < -0.4 is 4.74 Å². The monoisotopic (exact) mass is 239 g/mol. The van der Waals surface area contributed by atoms with Crippen LogP contribution >= 0.6 is 11.6 Å². The molecule has 0 spiro atoms. The van der Waals surface area contributed by atoms with E-state index in [1.807, 2.05) is 0 Å². The van der Waals surface area contributed by atoms with Crippen LogP contribution in [0.2, 0.25) is 0 Å². The van der Waals surface area contributed by atoms with Crippen LogP contribution in [-0.2, 0) is 5.88 Å². The summed E-state index contributed by atoms with van der Waals surface area (Å²) in [5.74, 6) is 0.440. The van der Waals surface area contributed by atoms with Gasteiger partial charge in [-0.25, -0.2) is 4.98 Å². The predicted octanol–water partition coefficient (Wildman–Crippen LogP) is 3.15. The normalized spacial score (nSPS) is 11.5. The number of hydrogen-bond donors (Lipinski definition) is 0. The average Bonchev–Trinajstić information content (AvgIpc) is 2.16. The molecule has 0 saturated heterocycles. The van der Waals surface area contributed by atoms with Crippen molar-refractivity contribution in [1.82, 2.24) is 4.98 Å². The lowest BCUT2D eigenvalue weighted by Crippen LogP contribution is -2.13. The van der Waals surface area contributed by atoms with Crippen LogP contribution in [0.1, 0.15) is 12.0 Å². The van der Waals surface area contributed by atoms with Gasteiger partial charge in [0.1, 0.15) is 0 Å². The Morgan fingerprint density at radius 3 is 2.73 bits per heavy atom. The number of rotatable bonds is 4. The van der Waals surface area contributed by atoms with Crippen molar-refractivity contribution in [3.8, 4) is 5.88 Å². The van der Waals surface area contributed by atoms with Gasteiger partial charge in [0, 0.05) is 18.1 Å². The van der Waals surface area contributed by atoms with Crippen LogP contribution in [0.25, 0.3) is 0 Å². The third kappa shape index (κ3) is 4.88. The highest BCUT2D eigenvalue weighted by atomic mass is 35.5. The third-order valence-corrected chi connectivity index (χ3v) is 1.90. The molecule has 2 nitrogen and oxygen atoms in total. The summed E-state index contributed by atoms with van der Waals surface area (Å²) in [6.07, 6.45) is -3.75. The molecule has 1 rings (SSSR count). The van der Waals surface area contributed by atoms with Gasteiger partial charge >= 0.3 is 6.18 Å². The zero-order chi connectivity index (χ0) is 11.3. The van der Waals surface area contributed by atoms with Crippen molar-refractivity contribution in [2.75, 3.05) is 6.61 Å². The standard InChI is InChI=1S/C9H9ClF3NO/c10-6-7-1-3-14-8(5-7)15-4-2-9(11,12)13/h1,3,5H,2,4,6H2. The van der Waals surface area contributed by atoms with E-state index in [1.54, 1.807) is 6.07 Å². The molecule has 0 fully saturated rings. The van der Waals surface area contributed by atoms with Gasteiger partial charge in [-0.3, -0.25) is 0 Å². The summed E-state index contributed by atoms with van der Waals surface area (Å²) < 4.78 is 40.2. The summed E-state index contributed by atoms with van der Waals surface area (Å²) in [6.45, 7) is -0.428. The van der Waals surface area contributed by atoms with Crippen LogP contribution in [0, 0.1) is 0 Å². The first kappa shape index (κ1) is 12.1. The van der Waals surface area contributed by atoms with Gasteiger partial charge in [-0.05, 0) is 11.6 Å². The zero-order valence-electron chi connectivity index (χ0n) is 7.72. The van der Waals surface area contributed by atoms with E-state index in [2.05, 4.69) is 4.98 Å². The number of ether oxygens (including phenoxy) is 1. The number of nitrogens with zero attached hydrogens (tertiary/aromatic N) is 1. The van der Waals surface area contributed by atoms with Gasteiger partial charge in [-0.2, -0.15) is 13.2 Å². The topological polar surface area (TPSA) is 22.1 Å². The highest BCUT2D eigenvalue weighted by molar-refractivity contribution is 6.17. The maximum atomic E-state index is 11.8. The quantitative estimate of drug-likeness (QED) is 0.753. The van der Waals surface area contributed by atoms with Crippen molar-refractivity contribution < 1.29 is 17.9 Å². The molecule has 0 aromatic carbocycles. The summed E-state index contributed by atoms with van der Waals surface area (Å²) in [4.78, 5) is 3.76. The van der Waals surface area contributed by atoms with E-state index >= 15 is 0 Å². The van der Waals surface area contributed by atoms with E-state index in [0.29, 0.717) is 0 Å². The highest BCUT2D eigenvalue weighted by Gasteiger charge is 2.26. The van der Waals surface area contributed by atoms with Gasteiger partial charge in [0.05, 0.1) is 13.0 Å². The smallest absolute Gasteiger partial charge is 0.392 e. The minimum atomic E-state index is -4.20. The molecule has 0 amide bonds. The molecule has 0 aliphatic heterocycles. The fourth-order valence-corrected chi connectivity index (χ4v) is 1.05. The zero-order valence-corrected chi connectivity index (χ0v) is 8.48. The highest BCUT2D eigenvalue weighted by Crippen LogP contribution is 2.20. The second kappa shape index (κ2) is 5.21. The molecule has 0 aliphatic carbocycles. The molecule has 0 radical (unpaired) electrons. The van der Waals surface area contributed by atoms with E-state index in [9.17, 15) is 13.2 Å². The first-order chi connectivity index (χ1) is 7.01. The van der Waals surface area contributed by atoms with E-state index < -0.39 is 19.2 Å². The van der Waals surface area contributed by atoms with Crippen LogP contribution in [0.4, 0.5) is 13.2 Å². The van der Waals surface area contributed by atoms with Gasteiger partial charge in [-0.15, -0.1) is 11.6 Å².